The Morgan fingerprint density at radius 2 is 1.89 bits per heavy atom. The summed E-state index contributed by atoms with van der Waals surface area (Å²) in [5, 5.41) is 5.58. The van der Waals surface area contributed by atoms with E-state index in [1.54, 1.807) is 0 Å². The van der Waals surface area contributed by atoms with Crippen LogP contribution in [0.3, 0.4) is 0 Å². The molecule has 0 aromatic carbocycles. The Kier molecular flexibility index (Phi) is 7.48. The van der Waals surface area contributed by atoms with Crippen LogP contribution < -0.4 is 16.4 Å². The summed E-state index contributed by atoms with van der Waals surface area (Å²) in [6.07, 6.45) is 7.29. The fourth-order valence-corrected chi connectivity index (χ4v) is 2.66. The van der Waals surface area contributed by atoms with Crippen LogP contribution in [0.4, 0.5) is 0 Å². The first kappa shape index (κ1) is 16.0. The van der Waals surface area contributed by atoms with Gasteiger partial charge in [0.15, 0.2) is 0 Å². The molecule has 0 spiro atoms. The summed E-state index contributed by atoms with van der Waals surface area (Å²) in [5.74, 6) is 0.291. The summed E-state index contributed by atoms with van der Waals surface area (Å²) in [4.78, 5) is 23.1. The Morgan fingerprint density at radius 1 is 1.21 bits per heavy atom. The molecule has 1 saturated carbocycles. The summed E-state index contributed by atoms with van der Waals surface area (Å²) in [5.41, 5.74) is 5.75. The van der Waals surface area contributed by atoms with Crippen LogP contribution in [0.1, 0.15) is 51.9 Å². The molecule has 2 amide bonds. The number of nitrogens with two attached hydrogens (primary N) is 1. The van der Waals surface area contributed by atoms with E-state index in [1.807, 2.05) is 6.92 Å². The van der Waals surface area contributed by atoms with E-state index in [2.05, 4.69) is 10.6 Å². The zero-order valence-corrected chi connectivity index (χ0v) is 11.9. The molecule has 110 valence electrons. The van der Waals surface area contributed by atoms with Crippen molar-refractivity contribution >= 4 is 11.8 Å². The highest BCUT2D eigenvalue weighted by atomic mass is 16.2. The molecule has 1 fully saturated rings. The molecule has 0 aliphatic heterocycles. The molecule has 0 heterocycles. The molecule has 1 atom stereocenters. The molecule has 5 nitrogen and oxygen atoms in total. The Balaban J connectivity index is 2.29. The zero-order chi connectivity index (χ0) is 14.1. The van der Waals surface area contributed by atoms with Gasteiger partial charge in [-0.2, -0.15) is 0 Å². The Hall–Kier alpha value is -1.10. The second-order valence-electron chi connectivity index (χ2n) is 5.33. The molecule has 1 aliphatic rings. The molecule has 0 aromatic heterocycles. The van der Waals surface area contributed by atoms with Crippen LogP contribution in [-0.2, 0) is 9.59 Å². The van der Waals surface area contributed by atoms with Crippen LogP contribution in [0.5, 0.6) is 0 Å². The first-order chi connectivity index (χ1) is 9.17. The molecule has 5 heteroatoms. The maximum Gasteiger partial charge on any atom is 0.239 e. The highest BCUT2D eigenvalue weighted by Crippen LogP contribution is 2.26. The van der Waals surface area contributed by atoms with Crippen LogP contribution in [0.25, 0.3) is 0 Å². The quantitative estimate of drug-likeness (QED) is 0.643. The highest BCUT2D eigenvalue weighted by Gasteiger charge is 2.23. The second kappa shape index (κ2) is 8.91. The van der Waals surface area contributed by atoms with Gasteiger partial charge in [0, 0.05) is 19.0 Å². The third-order valence-electron chi connectivity index (χ3n) is 3.74. The lowest BCUT2D eigenvalue weighted by atomic mass is 9.84. The fraction of sp³-hybridized carbons (Fsp3) is 0.857. The van der Waals surface area contributed by atoms with Crippen molar-refractivity contribution in [2.24, 2.45) is 11.7 Å². The van der Waals surface area contributed by atoms with Gasteiger partial charge >= 0.3 is 0 Å². The molecule has 1 unspecified atom stereocenters. The van der Waals surface area contributed by atoms with Crippen molar-refractivity contribution in [2.45, 2.75) is 57.9 Å². The fourth-order valence-electron chi connectivity index (χ4n) is 2.66. The summed E-state index contributed by atoms with van der Waals surface area (Å²) < 4.78 is 0. The number of hydrogen-bond acceptors (Lipinski definition) is 3. The first-order valence-electron chi connectivity index (χ1n) is 7.43. The van der Waals surface area contributed by atoms with E-state index in [0.717, 1.165) is 19.3 Å². The van der Waals surface area contributed by atoms with Gasteiger partial charge in [0.2, 0.25) is 11.8 Å². The average molecular weight is 269 g/mol. The third-order valence-corrected chi connectivity index (χ3v) is 3.74. The van der Waals surface area contributed by atoms with Crippen LogP contribution in [-0.4, -0.2) is 30.9 Å². The van der Waals surface area contributed by atoms with Gasteiger partial charge in [0.25, 0.3) is 0 Å². The van der Waals surface area contributed by atoms with E-state index in [4.69, 9.17) is 5.73 Å². The Morgan fingerprint density at radius 3 is 2.47 bits per heavy atom. The Bertz CT molecular complexity index is 288. The molecule has 19 heavy (non-hydrogen) atoms. The second-order valence-corrected chi connectivity index (χ2v) is 5.33. The lowest BCUT2D eigenvalue weighted by Gasteiger charge is -2.30. The standard InChI is InChI=1S/C14H27N3O2/c1-2-6-13(18)16-10-14(19)17-12(9-15)11-7-4-3-5-8-11/h11-12H,2-10,15H2,1H3,(H,16,18)(H,17,19). The number of rotatable bonds is 7. The largest absolute Gasteiger partial charge is 0.350 e. The zero-order valence-electron chi connectivity index (χ0n) is 11.9. The molecule has 0 aromatic rings. The lowest BCUT2D eigenvalue weighted by Crippen LogP contribution is -2.49. The van der Waals surface area contributed by atoms with E-state index in [1.165, 1.54) is 19.3 Å². The van der Waals surface area contributed by atoms with Gasteiger partial charge in [-0.1, -0.05) is 26.2 Å². The lowest BCUT2D eigenvalue weighted by molar-refractivity contribution is -0.126. The van der Waals surface area contributed by atoms with Crippen molar-refractivity contribution < 1.29 is 9.59 Å². The molecule has 1 rings (SSSR count). The third kappa shape index (κ3) is 6.05. The van der Waals surface area contributed by atoms with Gasteiger partial charge in [-0.15, -0.1) is 0 Å². The minimum absolute atomic E-state index is 0.0517. The van der Waals surface area contributed by atoms with Gasteiger partial charge in [-0.25, -0.2) is 0 Å². The normalized spacial score (nSPS) is 17.8. The van der Waals surface area contributed by atoms with Crippen LogP contribution in [0.15, 0.2) is 0 Å². The summed E-state index contributed by atoms with van der Waals surface area (Å²) >= 11 is 0. The van der Waals surface area contributed by atoms with Crippen LogP contribution in [0.2, 0.25) is 0 Å². The highest BCUT2D eigenvalue weighted by molar-refractivity contribution is 5.84. The van der Waals surface area contributed by atoms with E-state index >= 15 is 0 Å². The molecule has 0 bridgehead atoms. The molecule has 1 aliphatic carbocycles. The molecule has 0 saturated heterocycles. The minimum Gasteiger partial charge on any atom is -0.350 e. The van der Waals surface area contributed by atoms with Crippen molar-refractivity contribution in [3.8, 4) is 0 Å². The van der Waals surface area contributed by atoms with Gasteiger partial charge < -0.3 is 16.4 Å². The summed E-state index contributed by atoms with van der Waals surface area (Å²) in [6.45, 7) is 2.47. The van der Waals surface area contributed by atoms with Crippen LogP contribution >= 0.6 is 0 Å². The maximum atomic E-state index is 11.8. The van der Waals surface area contributed by atoms with Crippen molar-refractivity contribution in [3.63, 3.8) is 0 Å². The number of carbonyl (C=O) groups excluding carboxylic acids is 2. The predicted octanol–water partition coefficient (Wildman–Crippen LogP) is 0.927. The van der Waals surface area contributed by atoms with E-state index < -0.39 is 0 Å². The molecular formula is C14H27N3O2. The van der Waals surface area contributed by atoms with Crippen LogP contribution in [0, 0.1) is 5.92 Å². The summed E-state index contributed by atoms with van der Waals surface area (Å²) in [6, 6.07) is 0.0517. The van der Waals surface area contributed by atoms with E-state index in [0.29, 0.717) is 18.9 Å². The number of hydrogen-bond donors (Lipinski definition) is 3. The van der Waals surface area contributed by atoms with Crippen molar-refractivity contribution in [1.82, 2.24) is 10.6 Å². The summed E-state index contributed by atoms with van der Waals surface area (Å²) in [7, 11) is 0. The topological polar surface area (TPSA) is 84.2 Å². The number of carbonyl (C=O) groups is 2. The number of amides is 2. The van der Waals surface area contributed by atoms with Crippen molar-refractivity contribution in [1.29, 1.82) is 0 Å². The number of nitrogens with one attached hydrogen (secondary N) is 2. The van der Waals surface area contributed by atoms with E-state index in [-0.39, 0.29) is 24.4 Å². The van der Waals surface area contributed by atoms with E-state index in [9.17, 15) is 9.59 Å². The minimum atomic E-state index is -0.134. The predicted molar refractivity (Wildman–Crippen MR) is 75.5 cm³/mol. The van der Waals surface area contributed by atoms with Gasteiger partial charge in [0.1, 0.15) is 0 Å². The molecular weight excluding hydrogens is 242 g/mol. The van der Waals surface area contributed by atoms with Crippen molar-refractivity contribution in [3.05, 3.63) is 0 Å². The average Bonchev–Trinajstić information content (AvgIpc) is 2.44. The van der Waals surface area contributed by atoms with Gasteiger partial charge in [-0.05, 0) is 25.2 Å². The molecule has 0 radical (unpaired) electrons. The molecule has 4 N–H and O–H groups in total. The van der Waals surface area contributed by atoms with Gasteiger partial charge in [-0.3, -0.25) is 9.59 Å². The monoisotopic (exact) mass is 269 g/mol. The van der Waals surface area contributed by atoms with Gasteiger partial charge in [0.05, 0.1) is 6.54 Å². The SMILES string of the molecule is CCCC(=O)NCC(=O)NC(CN)C1CCCCC1. The first-order valence-corrected chi connectivity index (χ1v) is 7.43. The Labute approximate surface area is 115 Å². The maximum absolute atomic E-state index is 11.8. The smallest absolute Gasteiger partial charge is 0.239 e. The van der Waals surface area contributed by atoms with Crippen molar-refractivity contribution in [2.75, 3.05) is 13.1 Å².